The van der Waals surface area contributed by atoms with E-state index in [1.165, 1.54) is 49.6 Å². The Balaban J connectivity index is 2.42. The zero-order valence-corrected chi connectivity index (χ0v) is 13.0. The number of hydrogen-bond donors (Lipinski definition) is 0. The van der Waals surface area contributed by atoms with E-state index in [9.17, 15) is 18.0 Å². The second kappa shape index (κ2) is 5.87. The lowest BCUT2D eigenvalue weighted by Gasteiger charge is -2.15. The van der Waals surface area contributed by atoms with E-state index >= 15 is 0 Å². The van der Waals surface area contributed by atoms with E-state index in [1.807, 2.05) is 0 Å². The summed E-state index contributed by atoms with van der Waals surface area (Å²) in [6.07, 6.45) is -4.74. The summed E-state index contributed by atoms with van der Waals surface area (Å²) in [7, 11) is 1.37. The van der Waals surface area contributed by atoms with E-state index in [-0.39, 0.29) is 22.3 Å². The van der Waals surface area contributed by atoms with Gasteiger partial charge in [0.25, 0.3) is 0 Å². The first-order chi connectivity index (χ1) is 11.3. The molecular weight excluding hydrogens is 345 g/mol. The van der Waals surface area contributed by atoms with E-state index < -0.39 is 22.9 Å². The van der Waals surface area contributed by atoms with Crippen molar-refractivity contribution in [3.63, 3.8) is 0 Å². The van der Waals surface area contributed by atoms with Gasteiger partial charge in [0.15, 0.2) is 0 Å². The standard InChI is InChI=1S/C17H10ClF3O3/c1-23-11-6-7-12-13(8-11)24-16(22)14(15(12)17(19,20)21)9-2-4-10(18)5-3-9/h2-8H,1H3. The molecule has 0 aliphatic heterocycles. The highest BCUT2D eigenvalue weighted by molar-refractivity contribution is 6.30. The van der Waals surface area contributed by atoms with Gasteiger partial charge in [-0.25, -0.2) is 4.79 Å². The summed E-state index contributed by atoms with van der Waals surface area (Å²) in [5.41, 5.74) is -2.77. The number of hydrogen-bond acceptors (Lipinski definition) is 3. The largest absolute Gasteiger partial charge is 0.497 e. The van der Waals surface area contributed by atoms with Gasteiger partial charge < -0.3 is 9.15 Å². The molecule has 3 aromatic rings. The van der Waals surface area contributed by atoms with E-state index in [1.54, 1.807) is 0 Å². The summed E-state index contributed by atoms with van der Waals surface area (Å²) >= 11 is 5.76. The van der Waals surface area contributed by atoms with Crippen molar-refractivity contribution in [3.8, 4) is 16.9 Å². The first-order valence-corrected chi connectivity index (χ1v) is 7.17. The molecule has 0 fully saturated rings. The van der Waals surface area contributed by atoms with Crippen LogP contribution in [0.3, 0.4) is 0 Å². The molecule has 124 valence electrons. The summed E-state index contributed by atoms with van der Waals surface area (Å²) in [4.78, 5) is 12.2. The number of methoxy groups -OCH3 is 1. The molecule has 0 aliphatic rings. The van der Waals surface area contributed by atoms with Gasteiger partial charge in [-0.15, -0.1) is 0 Å². The second-order valence-corrected chi connectivity index (χ2v) is 5.44. The maximum absolute atomic E-state index is 13.7. The Hall–Kier alpha value is -2.47. The van der Waals surface area contributed by atoms with Crippen LogP contribution in [0.15, 0.2) is 51.7 Å². The monoisotopic (exact) mass is 354 g/mol. The highest BCUT2D eigenvalue weighted by Gasteiger charge is 2.38. The Morgan fingerprint density at radius 3 is 2.33 bits per heavy atom. The molecule has 2 aromatic carbocycles. The second-order valence-electron chi connectivity index (χ2n) is 5.01. The molecule has 7 heteroatoms. The average molecular weight is 355 g/mol. The SMILES string of the molecule is COc1ccc2c(C(F)(F)F)c(-c3ccc(Cl)cc3)c(=O)oc2c1. The molecule has 0 saturated heterocycles. The highest BCUT2D eigenvalue weighted by Crippen LogP contribution is 2.40. The molecule has 0 unspecified atom stereocenters. The first kappa shape index (κ1) is 16.4. The first-order valence-electron chi connectivity index (χ1n) is 6.79. The van der Waals surface area contributed by atoms with Gasteiger partial charge in [-0.1, -0.05) is 23.7 Å². The zero-order chi connectivity index (χ0) is 17.5. The summed E-state index contributed by atoms with van der Waals surface area (Å²) in [5, 5.41) is 0.134. The van der Waals surface area contributed by atoms with Gasteiger partial charge in [-0.2, -0.15) is 13.2 Å². The Morgan fingerprint density at radius 2 is 1.75 bits per heavy atom. The Morgan fingerprint density at radius 1 is 1.08 bits per heavy atom. The number of ether oxygens (including phenoxy) is 1. The Bertz CT molecular complexity index is 960. The van der Waals surface area contributed by atoms with Crippen LogP contribution >= 0.6 is 11.6 Å². The van der Waals surface area contributed by atoms with Crippen LogP contribution in [0.25, 0.3) is 22.1 Å². The van der Waals surface area contributed by atoms with E-state index in [4.69, 9.17) is 20.8 Å². The van der Waals surface area contributed by atoms with Crippen LogP contribution in [0.4, 0.5) is 13.2 Å². The highest BCUT2D eigenvalue weighted by atomic mass is 35.5. The van der Waals surface area contributed by atoms with Gasteiger partial charge in [-0.3, -0.25) is 0 Å². The minimum atomic E-state index is -4.74. The van der Waals surface area contributed by atoms with Crippen LogP contribution < -0.4 is 10.4 Å². The maximum Gasteiger partial charge on any atom is 0.417 e. The third kappa shape index (κ3) is 2.85. The molecule has 0 spiro atoms. The normalized spacial score (nSPS) is 11.7. The molecule has 0 aliphatic carbocycles. The molecule has 0 bridgehead atoms. The molecule has 0 amide bonds. The number of halogens is 4. The maximum atomic E-state index is 13.7. The number of alkyl halides is 3. The summed E-state index contributed by atoms with van der Waals surface area (Å²) in [6.45, 7) is 0. The van der Waals surface area contributed by atoms with Crippen LogP contribution in [0, 0.1) is 0 Å². The van der Waals surface area contributed by atoms with Crippen molar-refractivity contribution in [2.75, 3.05) is 7.11 Å². The van der Waals surface area contributed by atoms with Crippen molar-refractivity contribution in [1.82, 2.24) is 0 Å². The van der Waals surface area contributed by atoms with Crippen LogP contribution in [-0.4, -0.2) is 7.11 Å². The molecular formula is C17H10ClF3O3. The lowest BCUT2D eigenvalue weighted by Crippen LogP contribution is -2.16. The van der Waals surface area contributed by atoms with Crippen molar-refractivity contribution in [3.05, 3.63) is 63.5 Å². The van der Waals surface area contributed by atoms with Crippen LogP contribution in [0.5, 0.6) is 5.75 Å². The lowest BCUT2D eigenvalue weighted by atomic mass is 9.98. The molecule has 24 heavy (non-hydrogen) atoms. The van der Waals surface area contributed by atoms with E-state index in [0.717, 1.165) is 0 Å². The molecule has 0 N–H and O–H groups in total. The van der Waals surface area contributed by atoms with Gasteiger partial charge >= 0.3 is 11.8 Å². The van der Waals surface area contributed by atoms with Gasteiger partial charge in [0.05, 0.1) is 18.2 Å². The average Bonchev–Trinajstić information content (AvgIpc) is 2.53. The quantitative estimate of drug-likeness (QED) is 0.598. The minimum absolute atomic E-state index is 0.0817. The van der Waals surface area contributed by atoms with Crippen molar-refractivity contribution in [2.45, 2.75) is 6.18 Å². The molecule has 1 heterocycles. The fourth-order valence-corrected chi connectivity index (χ4v) is 2.61. The van der Waals surface area contributed by atoms with Gasteiger partial charge in [0.2, 0.25) is 0 Å². The predicted molar refractivity (Wildman–Crippen MR) is 84.5 cm³/mol. The minimum Gasteiger partial charge on any atom is -0.497 e. The number of fused-ring (bicyclic) bond motifs is 1. The molecule has 3 rings (SSSR count). The van der Waals surface area contributed by atoms with E-state index in [0.29, 0.717) is 5.02 Å². The summed E-state index contributed by atoms with van der Waals surface area (Å²) < 4.78 is 51.0. The van der Waals surface area contributed by atoms with Crippen molar-refractivity contribution in [2.24, 2.45) is 0 Å². The lowest BCUT2D eigenvalue weighted by molar-refractivity contribution is -0.136. The Labute approximate surface area is 139 Å². The fraction of sp³-hybridized carbons (Fsp3) is 0.118. The third-order valence-electron chi connectivity index (χ3n) is 3.53. The van der Waals surface area contributed by atoms with Crippen molar-refractivity contribution < 1.29 is 22.3 Å². The van der Waals surface area contributed by atoms with Gasteiger partial charge in [0.1, 0.15) is 11.3 Å². The van der Waals surface area contributed by atoms with Crippen molar-refractivity contribution >= 4 is 22.6 Å². The number of rotatable bonds is 2. The van der Waals surface area contributed by atoms with Crippen molar-refractivity contribution in [1.29, 1.82) is 0 Å². The smallest absolute Gasteiger partial charge is 0.417 e. The molecule has 1 aromatic heterocycles. The third-order valence-corrected chi connectivity index (χ3v) is 3.78. The molecule has 0 saturated carbocycles. The number of benzene rings is 2. The van der Waals surface area contributed by atoms with Crippen LogP contribution in [0.2, 0.25) is 5.02 Å². The van der Waals surface area contributed by atoms with Crippen LogP contribution in [-0.2, 0) is 6.18 Å². The summed E-state index contributed by atoms with van der Waals surface area (Å²) in [6, 6.07) is 9.36. The van der Waals surface area contributed by atoms with Gasteiger partial charge in [-0.05, 0) is 29.8 Å². The van der Waals surface area contributed by atoms with Crippen LogP contribution in [0.1, 0.15) is 5.56 Å². The predicted octanol–water partition coefficient (Wildman–Crippen LogP) is 5.14. The molecule has 0 radical (unpaired) electrons. The zero-order valence-electron chi connectivity index (χ0n) is 12.3. The molecule has 0 atom stereocenters. The van der Waals surface area contributed by atoms with Gasteiger partial charge in [0, 0.05) is 16.5 Å². The fourth-order valence-electron chi connectivity index (χ4n) is 2.48. The molecule has 3 nitrogen and oxygen atoms in total. The van der Waals surface area contributed by atoms with E-state index in [2.05, 4.69) is 0 Å². The topological polar surface area (TPSA) is 39.4 Å². The summed E-state index contributed by atoms with van der Waals surface area (Å²) in [5.74, 6) is 0.290. The Kier molecular flexibility index (Phi) is 4.01.